The first kappa shape index (κ1) is 20.5. The SMILES string of the molecule is CCOC(=O)Cc1csc(NC(=O)[C@@H](C)Oc2ccc(-c3ccccc3)cc2)n1. The van der Waals surface area contributed by atoms with Crippen LogP contribution in [0.15, 0.2) is 60.0 Å². The molecule has 6 nitrogen and oxygen atoms in total. The van der Waals surface area contributed by atoms with E-state index in [4.69, 9.17) is 9.47 Å². The number of amides is 1. The number of rotatable bonds is 8. The molecule has 0 aliphatic rings. The van der Waals surface area contributed by atoms with E-state index in [-0.39, 0.29) is 18.3 Å². The minimum Gasteiger partial charge on any atom is -0.481 e. The molecule has 1 atom stereocenters. The second-order valence-corrected chi connectivity index (χ2v) is 7.12. The third-order valence-corrected chi connectivity index (χ3v) is 4.86. The van der Waals surface area contributed by atoms with Crippen LogP contribution in [0.1, 0.15) is 19.5 Å². The van der Waals surface area contributed by atoms with E-state index in [1.54, 1.807) is 19.2 Å². The molecule has 0 spiro atoms. The van der Waals surface area contributed by atoms with Gasteiger partial charge in [0.1, 0.15) is 5.75 Å². The third-order valence-electron chi connectivity index (χ3n) is 4.06. The molecule has 0 aliphatic heterocycles. The summed E-state index contributed by atoms with van der Waals surface area (Å²) in [6.07, 6.45) is -0.616. The highest BCUT2D eigenvalue weighted by Gasteiger charge is 2.17. The number of nitrogens with zero attached hydrogens (tertiary/aromatic N) is 1. The highest BCUT2D eigenvalue weighted by Crippen LogP contribution is 2.23. The Morgan fingerprint density at radius 1 is 1.07 bits per heavy atom. The van der Waals surface area contributed by atoms with Gasteiger partial charge in [-0.05, 0) is 37.1 Å². The minimum absolute atomic E-state index is 0.0834. The summed E-state index contributed by atoms with van der Waals surface area (Å²) in [6, 6.07) is 17.6. The lowest BCUT2D eigenvalue weighted by Crippen LogP contribution is -2.30. The van der Waals surface area contributed by atoms with Gasteiger partial charge in [0, 0.05) is 5.38 Å². The lowest BCUT2D eigenvalue weighted by molar-refractivity contribution is -0.142. The van der Waals surface area contributed by atoms with E-state index in [2.05, 4.69) is 10.3 Å². The summed E-state index contributed by atoms with van der Waals surface area (Å²) >= 11 is 1.25. The lowest BCUT2D eigenvalue weighted by Gasteiger charge is -2.14. The summed E-state index contributed by atoms with van der Waals surface area (Å²) in [6.45, 7) is 3.75. The third kappa shape index (κ3) is 5.89. The summed E-state index contributed by atoms with van der Waals surface area (Å²) in [5.41, 5.74) is 2.76. The van der Waals surface area contributed by atoms with E-state index in [9.17, 15) is 9.59 Å². The van der Waals surface area contributed by atoms with Crippen LogP contribution in [-0.4, -0.2) is 29.6 Å². The summed E-state index contributed by atoms with van der Waals surface area (Å²) in [5, 5.41) is 4.86. The topological polar surface area (TPSA) is 77.5 Å². The Labute approximate surface area is 173 Å². The molecule has 29 heavy (non-hydrogen) atoms. The second-order valence-electron chi connectivity index (χ2n) is 6.27. The Morgan fingerprint density at radius 2 is 1.76 bits per heavy atom. The number of hydrogen-bond acceptors (Lipinski definition) is 6. The highest BCUT2D eigenvalue weighted by molar-refractivity contribution is 7.13. The Balaban J connectivity index is 1.54. The van der Waals surface area contributed by atoms with Crippen LogP contribution in [0.3, 0.4) is 0 Å². The fraction of sp³-hybridized carbons (Fsp3) is 0.227. The number of nitrogens with one attached hydrogen (secondary N) is 1. The zero-order valence-corrected chi connectivity index (χ0v) is 17.1. The van der Waals surface area contributed by atoms with E-state index >= 15 is 0 Å². The minimum atomic E-state index is -0.699. The van der Waals surface area contributed by atoms with E-state index < -0.39 is 6.10 Å². The van der Waals surface area contributed by atoms with Gasteiger partial charge >= 0.3 is 5.97 Å². The van der Waals surface area contributed by atoms with Gasteiger partial charge in [0.05, 0.1) is 18.7 Å². The van der Waals surface area contributed by atoms with Crippen molar-refractivity contribution >= 4 is 28.3 Å². The van der Waals surface area contributed by atoms with Crippen molar-refractivity contribution in [1.82, 2.24) is 4.98 Å². The first-order valence-electron chi connectivity index (χ1n) is 9.28. The Morgan fingerprint density at radius 3 is 2.45 bits per heavy atom. The molecule has 0 saturated carbocycles. The second kappa shape index (κ2) is 9.84. The van der Waals surface area contributed by atoms with Gasteiger partial charge in [-0.3, -0.25) is 14.9 Å². The van der Waals surface area contributed by atoms with Gasteiger partial charge in [0.25, 0.3) is 5.91 Å². The van der Waals surface area contributed by atoms with Gasteiger partial charge in [0.2, 0.25) is 0 Å². The molecule has 0 bridgehead atoms. The van der Waals surface area contributed by atoms with Crippen molar-refractivity contribution in [2.45, 2.75) is 26.4 Å². The summed E-state index contributed by atoms with van der Waals surface area (Å²) in [7, 11) is 0. The molecule has 1 N–H and O–H groups in total. The zero-order chi connectivity index (χ0) is 20.6. The van der Waals surface area contributed by atoms with Crippen molar-refractivity contribution < 1.29 is 19.1 Å². The number of ether oxygens (including phenoxy) is 2. The smallest absolute Gasteiger partial charge is 0.311 e. The fourth-order valence-corrected chi connectivity index (χ4v) is 3.34. The van der Waals surface area contributed by atoms with Crippen LogP contribution in [0.2, 0.25) is 0 Å². The van der Waals surface area contributed by atoms with Crippen LogP contribution >= 0.6 is 11.3 Å². The first-order valence-corrected chi connectivity index (χ1v) is 10.2. The first-order chi connectivity index (χ1) is 14.0. The van der Waals surface area contributed by atoms with Gasteiger partial charge in [-0.15, -0.1) is 11.3 Å². The maximum absolute atomic E-state index is 12.4. The number of benzene rings is 2. The Hall–Kier alpha value is -3.19. The molecule has 0 aliphatic carbocycles. The number of hydrogen-bond donors (Lipinski definition) is 1. The van der Waals surface area contributed by atoms with E-state index in [1.807, 2.05) is 54.6 Å². The molecule has 0 fully saturated rings. The van der Waals surface area contributed by atoms with Crippen molar-refractivity contribution in [3.8, 4) is 16.9 Å². The number of carbonyl (C=O) groups is 2. The van der Waals surface area contributed by atoms with Gasteiger partial charge in [-0.2, -0.15) is 0 Å². The molecular weight excluding hydrogens is 388 g/mol. The molecule has 1 heterocycles. The van der Waals surface area contributed by atoms with Crippen molar-refractivity contribution in [1.29, 1.82) is 0 Å². The normalized spacial score (nSPS) is 11.5. The summed E-state index contributed by atoms with van der Waals surface area (Å²) < 4.78 is 10.6. The van der Waals surface area contributed by atoms with Gasteiger partial charge < -0.3 is 9.47 Å². The molecule has 2 aromatic carbocycles. The number of carbonyl (C=O) groups excluding carboxylic acids is 2. The summed E-state index contributed by atoms with van der Waals surface area (Å²) in [4.78, 5) is 28.1. The quantitative estimate of drug-likeness (QED) is 0.560. The van der Waals surface area contributed by atoms with E-state index in [0.29, 0.717) is 23.2 Å². The predicted octanol–water partition coefficient (Wildman–Crippen LogP) is 4.32. The van der Waals surface area contributed by atoms with Crippen LogP contribution in [0.4, 0.5) is 5.13 Å². The zero-order valence-electron chi connectivity index (χ0n) is 16.3. The monoisotopic (exact) mass is 410 g/mol. The number of thiazole rings is 1. The molecule has 0 unspecified atom stereocenters. The van der Waals surface area contributed by atoms with Crippen molar-refractivity contribution in [2.75, 3.05) is 11.9 Å². The average molecular weight is 410 g/mol. The van der Waals surface area contributed by atoms with Crippen LogP contribution in [0, 0.1) is 0 Å². The van der Waals surface area contributed by atoms with E-state index in [0.717, 1.165) is 11.1 Å². The molecule has 1 amide bonds. The van der Waals surface area contributed by atoms with Crippen LogP contribution in [0.25, 0.3) is 11.1 Å². The van der Waals surface area contributed by atoms with Crippen LogP contribution < -0.4 is 10.1 Å². The molecule has 7 heteroatoms. The van der Waals surface area contributed by atoms with Gasteiger partial charge in [-0.25, -0.2) is 4.98 Å². The maximum Gasteiger partial charge on any atom is 0.311 e. The van der Waals surface area contributed by atoms with Crippen molar-refractivity contribution in [2.24, 2.45) is 0 Å². The molecule has 0 radical (unpaired) electrons. The van der Waals surface area contributed by atoms with E-state index in [1.165, 1.54) is 11.3 Å². The fourth-order valence-electron chi connectivity index (χ4n) is 2.63. The standard InChI is InChI=1S/C22H22N2O4S/c1-3-27-20(25)13-18-14-29-22(23-18)24-21(26)15(2)28-19-11-9-17(10-12-19)16-7-5-4-6-8-16/h4-12,14-15H,3,13H2,1-2H3,(H,23,24,26)/t15-/m1/s1. The predicted molar refractivity (Wildman–Crippen MR) is 113 cm³/mol. The average Bonchev–Trinajstić information content (AvgIpc) is 3.16. The molecular formula is C22H22N2O4S. The number of anilines is 1. The van der Waals surface area contributed by atoms with Crippen LogP contribution in [0.5, 0.6) is 5.75 Å². The molecule has 3 rings (SSSR count). The number of esters is 1. The molecule has 150 valence electrons. The number of aromatic nitrogens is 1. The van der Waals surface area contributed by atoms with Crippen molar-refractivity contribution in [3.05, 3.63) is 65.7 Å². The van der Waals surface area contributed by atoms with Crippen molar-refractivity contribution in [3.63, 3.8) is 0 Å². The van der Waals surface area contributed by atoms with Crippen LogP contribution in [-0.2, 0) is 20.7 Å². The molecule has 3 aromatic rings. The van der Waals surface area contributed by atoms with Gasteiger partial charge in [0.15, 0.2) is 11.2 Å². The largest absolute Gasteiger partial charge is 0.481 e. The maximum atomic E-state index is 12.4. The van der Waals surface area contributed by atoms with Gasteiger partial charge in [-0.1, -0.05) is 42.5 Å². The Kier molecular flexibility index (Phi) is 6.97. The lowest BCUT2D eigenvalue weighted by atomic mass is 10.1. The summed E-state index contributed by atoms with van der Waals surface area (Å²) in [5.74, 6) is -0.0463. The highest BCUT2D eigenvalue weighted by atomic mass is 32.1. The molecule has 0 saturated heterocycles. The molecule has 1 aromatic heterocycles. The Bertz CT molecular complexity index is 954.